The summed E-state index contributed by atoms with van der Waals surface area (Å²) in [5.41, 5.74) is 3.30. The summed E-state index contributed by atoms with van der Waals surface area (Å²) in [5.74, 6) is -0.726. The Labute approximate surface area is 183 Å². The van der Waals surface area contributed by atoms with Gasteiger partial charge in [0.1, 0.15) is 5.82 Å². The molecule has 0 radical (unpaired) electrons. The van der Waals surface area contributed by atoms with Crippen LogP contribution >= 0.6 is 0 Å². The number of urea groups is 1. The molecule has 3 amide bonds. The first-order valence-electron chi connectivity index (χ1n) is 9.69. The smallest absolute Gasteiger partial charge is 0.321 e. The lowest BCUT2D eigenvalue weighted by atomic mass is 10.2. The normalized spacial score (nSPS) is 10.4. The Morgan fingerprint density at radius 2 is 1.69 bits per heavy atom. The highest BCUT2D eigenvalue weighted by molar-refractivity contribution is 6.04. The minimum atomic E-state index is -0.532. The molecule has 2 heterocycles. The summed E-state index contributed by atoms with van der Waals surface area (Å²) in [6, 6.07) is 15.5. The van der Waals surface area contributed by atoms with Crippen molar-refractivity contribution in [1.82, 2.24) is 14.8 Å². The van der Waals surface area contributed by atoms with Crippen LogP contribution in [0.2, 0.25) is 0 Å². The van der Waals surface area contributed by atoms with Crippen LogP contribution in [0.1, 0.15) is 16.1 Å². The molecule has 0 aliphatic rings. The van der Waals surface area contributed by atoms with Crippen LogP contribution in [0.15, 0.2) is 79.3 Å². The second kappa shape index (κ2) is 9.09. The fourth-order valence-corrected chi connectivity index (χ4v) is 2.92. The number of hydrogen-bond acceptors (Lipinski definition) is 4. The average Bonchev–Trinajstić information content (AvgIpc) is 3.24. The Hall–Kier alpha value is -4.53. The first-order chi connectivity index (χ1) is 15.5. The highest BCUT2D eigenvalue weighted by atomic mass is 19.1. The van der Waals surface area contributed by atoms with Gasteiger partial charge in [-0.1, -0.05) is 12.1 Å². The van der Waals surface area contributed by atoms with E-state index in [4.69, 9.17) is 0 Å². The fraction of sp³-hybridized carbons (Fsp3) is 0.0435. The zero-order chi connectivity index (χ0) is 22.5. The Bertz CT molecular complexity index is 1270. The molecule has 0 saturated heterocycles. The number of pyridine rings is 1. The van der Waals surface area contributed by atoms with Crippen molar-refractivity contribution in [3.63, 3.8) is 0 Å². The summed E-state index contributed by atoms with van der Waals surface area (Å²) < 4.78 is 14.8. The van der Waals surface area contributed by atoms with Crippen LogP contribution < -0.4 is 16.0 Å². The SMILES string of the molecule is Cc1ccc(NC(=O)c2cccc(-n3cc(NC(=O)Nc4cccc(F)c4)cn3)c2)cn1. The van der Waals surface area contributed by atoms with Gasteiger partial charge >= 0.3 is 6.03 Å². The molecule has 8 nitrogen and oxygen atoms in total. The van der Waals surface area contributed by atoms with Gasteiger partial charge in [-0.05, 0) is 55.5 Å². The van der Waals surface area contributed by atoms with E-state index >= 15 is 0 Å². The van der Waals surface area contributed by atoms with E-state index in [0.29, 0.717) is 28.3 Å². The maximum Gasteiger partial charge on any atom is 0.323 e. The molecule has 0 aliphatic heterocycles. The molecule has 2 aromatic carbocycles. The van der Waals surface area contributed by atoms with Gasteiger partial charge in [0.25, 0.3) is 5.91 Å². The van der Waals surface area contributed by atoms with Gasteiger partial charge in [-0.15, -0.1) is 0 Å². The van der Waals surface area contributed by atoms with Crippen molar-refractivity contribution in [3.8, 4) is 5.69 Å². The molecular weight excluding hydrogens is 411 g/mol. The van der Waals surface area contributed by atoms with Gasteiger partial charge in [-0.25, -0.2) is 13.9 Å². The summed E-state index contributed by atoms with van der Waals surface area (Å²) in [5, 5.41) is 12.2. The van der Waals surface area contributed by atoms with E-state index in [1.165, 1.54) is 29.1 Å². The van der Waals surface area contributed by atoms with E-state index in [1.807, 2.05) is 13.0 Å². The van der Waals surface area contributed by atoms with E-state index < -0.39 is 11.8 Å². The molecule has 32 heavy (non-hydrogen) atoms. The van der Waals surface area contributed by atoms with Crippen LogP contribution in [0.5, 0.6) is 0 Å². The zero-order valence-corrected chi connectivity index (χ0v) is 17.0. The molecular formula is C23H19FN6O2. The minimum absolute atomic E-state index is 0.280. The van der Waals surface area contributed by atoms with Crippen LogP contribution in [0, 0.1) is 12.7 Å². The monoisotopic (exact) mass is 430 g/mol. The van der Waals surface area contributed by atoms with Crippen molar-refractivity contribution in [2.24, 2.45) is 0 Å². The van der Waals surface area contributed by atoms with Crippen molar-refractivity contribution >= 4 is 29.0 Å². The number of carbonyl (C=O) groups excluding carboxylic acids is 2. The Balaban J connectivity index is 1.43. The van der Waals surface area contributed by atoms with Crippen LogP contribution in [0.25, 0.3) is 5.69 Å². The maximum atomic E-state index is 13.2. The highest BCUT2D eigenvalue weighted by Crippen LogP contribution is 2.16. The molecule has 0 atom stereocenters. The van der Waals surface area contributed by atoms with Crippen molar-refractivity contribution in [1.29, 1.82) is 0 Å². The molecule has 0 unspecified atom stereocenters. The van der Waals surface area contributed by atoms with Crippen LogP contribution in [-0.2, 0) is 0 Å². The number of amides is 3. The molecule has 2 aromatic heterocycles. The predicted octanol–water partition coefficient (Wildman–Crippen LogP) is 4.61. The number of rotatable bonds is 5. The molecule has 0 spiro atoms. The Kier molecular flexibility index (Phi) is 5.89. The zero-order valence-electron chi connectivity index (χ0n) is 17.0. The molecule has 4 aromatic rings. The first-order valence-corrected chi connectivity index (χ1v) is 9.69. The topological polar surface area (TPSA) is 101 Å². The Morgan fingerprint density at radius 1 is 0.875 bits per heavy atom. The number of carbonyl (C=O) groups is 2. The number of anilines is 3. The lowest BCUT2D eigenvalue weighted by molar-refractivity contribution is 0.102. The number of nitrogens with zero attached hydrogens (tertiary/aromatic N) is 3. The number of aromatic nitrogens is 3. The summed E-state index contributed by atoms with van der Waals surface area (Å²) in [4.78, 5) is 28.9. The summed E-state index contributed by atoms with van der Waals surface area (Å²) in [6.07, 6.45) is 4.67. The number of halogens is 1. The largest absolute Gasteiger partial charge is 0.323 e. The maximum absolute atomic E-state index is 13.2. The predicted molar refractivity (Wildman–Crippen MR) is 120 cm³/mol. The third-order valence-corrected chi connectivity index (χ3v) is 4.47. The lowest BCUT2D eigenvalue weighted by Gasteiger charge is -2.07. The number of aryl methyl sites for hydroxylation is 1. The average molecular weight is 430 g/mol. The molecule has 0 bridgehead atoms. The van der Waals surface area contributed by atoms with E-state index in [1.54, 1.807) is 48.8 Å². The van der Waals surface area contributed by atoms with Crippen molar-refractivity contribution in [2.45, 2.75) is 6.92 Å². The van der Waals surface area contributed by atoms with E-state index in [-0.39, 0.29) is 5.91 Å². The van der Waals surface area contributed by atoms with Crippen LogP contribution in [-0.4, -0.2) is 26.7 Å². The van der Waals surface area contributed by atoms with Gasteiger partial charge in [-0.2, -0.15) is 5.10 Å². The lowest BCUT2D eigenvalue weighted by Crippen LogP contribution is -2.19. The first kappa shape index (κ1) is 20.7. The van der Waals surface area contributed by atoms with E-state index in [2.05, 4.69) is 26.0 Å². The molecule has 160 valence electrons. The van der Waals surface area contributed by atoms with Crippen LogP contribution in [0.4, 0.5) is 26.2 Å². The summed E-state index contributed by atoms with van der Waals surface area (Å²) in [7, 11) is 0. The fourth-order valence-electron chi connectivity index (χ4n) is 2.92. The van der Waals surface area contributed by atoms with Gasteiger partial charge in [0, 0.05) is 16.9 Å². The van der Waals surface area contributed by atoms with Gasteiger partial charge in [0.2, 0.25) is 0 Å². The molecule has 0 saturated carbocycles. The van der Waals surface area contributed by atoms with Crippen molar-refractivity contribution in [3.05, 3.63) is 96.3 Å². The number of nitrogens with one attached hydrogen (secondary N) is 3. The molecule has 3 N–H and O–H groups in total. The number of benzene rings is 2. The second-order valence-electron chi connectivity index (χ2n) is 6.96. The second-order valence-corrected chi connectivity index (χ2v) is 6.96. The van der Waals surface area contributed by atoms with E-state index in [9.17, 15) is 14.0 Å². The van der Waals surface area contributed by atoms with Gasteiger partial charge in [-0.3, -0.25) is 9.78 Å². The standard InChI is InChI=1S/C23H19FN6O2/c1-15-8-9-19(12-25-15)27-22(31)16-4-2-7-21(10-16)30-14-20(13-26-30)29-23(32)28-18-6-3-5-17(24)11-18/h2-14H,1H3,(H,27,31)(H2,28,29,32). The van der Waals surface area contributed by atoms with Gasteiger partial charge < -0.3 is 16.0 Å². The molecule has 9 heteroatoms. The summed E-state index contributed by atoms with van der Waals surface area (Å²) >= 11 is 0. The van der Waals surface area contributed by atoms with E-state index in [0.717, 1.165) is 5.69 Å². The third kappa shape index (κ3) is 5.14. The molecule has 0 fully saturated rings. The minimum Gasteiger partial charge on any atom is -0.321 e. The molecule has 4 rings (SSSR count). The van der Waals surface area contributed by atoms with Gasteiger partial charge in [0.05, 0.1) is 35.7 Å². The van der Waals surface area contributed by atoms with Crippen molar-refractivity contribution in [2.75, 3.05) is 16.0 Å². The highest BCUT2D eigenvalue weighted by Gasteiger charge is 2.10. The number of hydrogen-bond donors (Lipinski definition) is 3. The summed E-state index contributed by atoms with van der Waals surface area (Å²) in [6.45, 7) is 1.87. The molecule has 0 aliphatic carbocycles. The van der Waals surface area contributed by atoms with Crippen molar-refractivity contribution < 1.29 is 14.0 Å². The quantitative estimate of drug-likeness (QED) is 0.430. The third-order valence-electron chi connectivity index (χ3n) is 4.47. The van der Waals surface area contributed by atoms with Crippen LogP contribution in [0.3, 0.4) is 0 Å². The Morgan fingerprint density at radius 3 is 2.47 bits per heavy atom. The van der Waals surface area contributed by atoms with Gasteiger partial charge in [0.15, 0.2) is 0 Å².